The van der Waals surface area contributed by atoms with Gasteiger partial charge in [0.05, 0.1) is 0 Å². The summed E-state index contributed by atoms with van der Waals surface area (Å²) in [7, 11) is 0. The fourth-order valence-electron chi connectivity index (χ4n) is 5.00. The molecule has 2 unspecified atom stereocenters. The van der Waals surface area contributed by atoms with Gasteiger partial charge in [0, 0.05) is 5.41 Å². The first-order chi connectivity index (χ1) is 8.23. The number of ketones is 1. The molecule has 0 N–H and O–H groups in total. The van der Waals surface area contributed by atoms with Crippen molar-refractivity contribution in [2.75, 3.05) is 0 Å². The Labute approximate surface area is 111 Å². The summed E-state index contributed by atoms with van der Waals surface area (Å²) in [6.07, 6.45) is 7.59. The number of hydrogen-bond acceptors (Lipinski definition) is 1. The van der Waals surface area contributed by atoms with Crippen LogP contribution in [0.1, 0.15) is 60.3 Å². The number of carbonyl (C=O) groups is 1. The zero-order valence-electron chi connectivity index (χ0n) is 12.5. The van der Waals surface area contributed by atoms with Crippen LogP contribution in [0, 0.1) is 28.1 Å². The zero-order chi connectivity index (χ0) is 13.3. The molecule has 1 spiro atoms. The average Bonchev–Trinajstić information content (AvgIpc) is 2.25. The van der Waals surface area contributed by atoms with Gasteiger partial charge in [0.15, 0.2) is 0 Å². The van der Waals surface area contributed by atoms with Crippen molar-refractivity contribution in [3.05, 3.63) is 11.6 Å². The highest BCUT2D eigenvalue weighted by Gasteiger charge is 2.65. The highest BCUT2D eigenvalue weighted by Crippen LogP contribution is 2.73. The van der Waals surface area contributed by atoms with E-state index < -0.39 is 0 Å². The maximum Gasteiger partial charge on any atom is 0.136 e. The van der Waals surface area contributed by atoms with E-state index in [1.165, 1.54) is 19.3 Å². The van der Waals surface area contributed by atoms with Crippen molar-refractivity contribution < 1.29 is 4.79 Å². The first kappa shape index (κ1) is 12.4. The minimum atomic E-state index is -0.136. The van der Waals surface area contributed by atoms with Gasteiger partial charge in [0.25, 0.3) is 0 Å². The van der Waals surface area contributed by atoms with Crippen LogP contribution in [-0.4, -0.2) is 5.78 Å². The van der Waals surface area contributed by atoms with Crippen LogP contribution >= 0.6 is 0 Å². The molecule has 1 nitrogen and oxygen atoms in total. The molecule has 3 aliphatic carbocycles. The Kier molecular flexibility index (Phi) is 2.28. The van der Waals surface area contributed by atoms with Gasteiger partial charge in [0.1, 0.15) is 5.78 Å². The van der Waals surface area contributed by atoms with Crippen LogP contribution < -0.4 is 0 Å². The van der Waals surface area contributed by atoms with Crippen molar-refractivity contribution in [2.45, 2.75) is 60.3 Å². The number of carbonyl (C=O) groups excluding carboxylic acids is 1. The molecule has 2 bridgehead atoms. The van der Waals surface area contributed by atoms with E-state index in [0.29, 0.717) is 22.5 Å². The van der Waals surface area contributed by atoms with Crippen LogP contribution in [-0.2, 0) is 4.79 Å². The quantitative estimate of drug-likeness (QED) is 0.628. The van der Waals surface area contributed by atoms with E-state index in [-0.39, 0.29) is 5.41 Å². The molecule has 0 amide bonds. The topological polar surface area (TPSA) is 17.1 Å². The number of hydrogen-bond donors (Lipinski definition) is 0. The predicted molar refractivity (Wildman–Crippen MR) is 74.2 cm³/mol. The van der Waals surface area contributed by atoms with Crippen molar-refractivity contribution in [1.29, 1.82) is 0 Å². The van der Waals surface area contributed by atoms with Gasteiger partial charge < -0.3 is 0 Å². The van der Waals surface area contributed by atoms with Crippen molar-refractivity contribution >= 4 is 5.78 Å². The van der Waals surface area contributed by atoms with Gasteiger partial charge in [-0.15, -0.1) is 0 Å². The average molecular weight is 246 g/mol. The van der Waals surface area contributed by atoms with Gasteiger partial charge in [0.2, 0.25) is 0 Å². The summed E-state index contributed by atoms with van der Waals surface area (Å²) in [5.41, 5.74) is 2.31. The van der Waals surface area contributed by atoms with E-state index in [9.17, 15) is 4.79 Å². The normalized spacial score (nSPS) is 48.8. The van der Waals surface area contributed by atoms with Gasteiger partial charge in [-0.05, 0) is 55.3 Å². The number of allylic oxidation sites excluding steroid dienone is 2. The van der Waals surface area contributed by atoms with E-state index in [4.69, 9.17) is 0 Å². The molecule has 2 fully saturated rings. The maximum absolute atomic E-state index is 12.1. The van der Waals surface area contributed by atoms with E-state index in [0.717, 1.165) is 12.3 Å². The maximum atomic E-state index is 12.1. The molecular weight excluding hydrogens is 220 g/mol. The third-order valence-electron chi connectivity index (χ3n) is 6.91. The van der Waals surface area contributed by atoms with E-state index in [1.807, 2.05) is 0 Å². The standard InChI is InChI=1S/C17H26O/c1-11-8-14-13-6-7-15(3,4)17(14,9-13)10-16(11,5)12(2)18/h8,11,13H,6-7,9-10H2,1-5H3/t11?,13-,16?,17-/m0/s1. The third-order valence-corrected chi connectivity index (χ3v) is 6.91. The van der Waals surface area contributed by atoms with Crippen LogP contribution in [0.15, 0.2) is 11.6 Å². The minimum Gasteiger partial charge on any atom is -0.299 e. The van der Waals surface area contributed by atoms with Crippen molar-refractivity contribution in [3.8, 4) is 0 Å². The van der Waals surface area contributed by atoms with E-state index in [1.54, 1.807) is 12.5 Å². The number of rotatable bonds is 1. The van der Waals surface area contributed by atoms with Crippen LogP contribution in [0.4, 0.5) is 0 Å². The monoisotopic (exact) mass is 246 g/mol. The molecule has 0 heterocycles. The van der Waals surface area contributed by atoms with Crippen molar-refractivity contribution in [1.82, 2.24) is 0 Å². The summed E-state index contributed by atoms with van der Waals surface area (Å²) >= 11 is 0. The summed E-state index contributed by atoms with van der Waals surface area (Å²) < 4.78 is 0. The van der Waals surface area contributed by atoms with Gasteiger partial charge in [-0.2, -0.15) is 0 Å². The summed E-state index contributed by atoms with van der Waals surface area (Å²) in [6, 6.07) is 0. The highest BCUT2D eigenvalue weighted by atomic mass is 16.1. The van der Waals surface area contributed by atoms with Gasteiger partial charge >= 0.3 is 0 Å². The Balaban J connectivity index is 2.09. The fraction of sp³-hybridized carbons (Fsp3) is 0.824. The largest absolute Gasteiger partial charge is 0.299 e. The molecule has 0 aromatic rings. The summed E-state index contributed by atoms with van der Waals surface area (Å²) in [5.74, 6) is 1.64. The molecule has 4 atom stereocenters. The second-order valence-electron chi connectivity index (χ2n) is 7.97. The first-order valence-corrected chi connectivity index (χ1v) is 7.46. The second-order valence-corrected chi connectivity index (χ2v) is 7.97. The van der Waals surface area contributed by atoms with Crippen LogP contribution in [0.2, 0.25) is 0 Å². The molecule has 0 saturated heterocycles. The van der Waals surface area contributed by atoms with Crippen LogP contribution in [0.3, 0.4) is 0 Å². The molecule has 0 radical (unpaired) electrons. The summed E-state index contributed by atoms with van der Waals surface area (Å²) in [5, 5.41) is 0. The molecular formula is C17H26O. The molecule has 18 heavy (non-hydrogen) atoms. The summed E-state index contributed by atoms with van der Waals surface area (Å²) in [4.78, 5) is 12.1. The Morgan fingerprint density at radius 3 is 2.56 bits per heavy atom. The van der Waals surface area contributed by atoms with Crippen molar-refractivity contribution in [3.63, 3.8) is 0 Å². The first-order valence-electron chi connectivity index (χ1n) is 7.46. The lowest BCUT2D eigenvalue weighted by Crippen LogP contribution is -2.60. The van der Waals surface area contributed by atoms with Gasteiger partial charge in [-0.25, -0.2) is 0 Å². The molecule has 1 heteroatoms. The van der Waals surface area contributed by atoms with Gasteiger partial charge in [-0.3, -0.25) is 4.79 Å². The lowest BCUT2D eigenvalue weighted by molar-refractivity contribution is -0.140. The molecule has 2 saturated carbocycles. The SMILES string of the molecule is CC(=O)C1(C)C[C@]23C[C@H](CCC2(C)C)C3=CC1C. The van der Waals surface area contributed by atoms with Gasteiger partial charge in [-0.1, -0.05) is 39.3 Å². The molecule has 3 rings (SSSR count). The molecule has 0 aliphatic heterocycles. The van der Waals surface area contributed by atoms with Crippen LogP contribution in [0.5, 0.6) is 0 Å². The highest BCUT2D eigenvalue weighted by molar-refractivity contribution is 5.83. The Bertz CT molecular complexity index is 445. The van der Waals surface area contributed by atoms with E-state index in [2.05, 4.69) is 33.8 Å². The molecule has 3 aliphatic rings. The zero-order valence-corrected chi connectivity index (χ0v) is 12.5. The summed E-state index contributed by atoms with van der Waals surface area (Å²) in [6.45, 7) is 11.1. The smallest absolute Gasteiger partial charge is 0.136 e. The third kappa shape index (κ3) is 1.21. The lowest BCUT2D eigenvalue weighted by Gasteiger charge is -2.68. The van der Waals surface area contributed by atoms with E-state index >= 15 is 0 Å². The molecule has 0 aromatic heterocycles. The number of fused-ring (bicyclic) bond motifs is 2. The second kappa shape index (κ2) is 3.29. The van der Waals surface area contributed by atoms with Crippen LogP contribution in [0.25, 0.3) is 0 Å². The lowest BCUT2D eigenvalue weighted by atomic mass is 9.35. The molecule has 100 valence electrons. The minimum absolute atomic E-state index is 0.136. The fourth-order valence-corrected chi connectivity index (χ4v) is 5.00. The molecule has 0 aromatic carbocycles. The Morgan fingerprint density at radius 2 is 2.00 bits per heavy atom. The van der Waals surface area contributed by atoms with Crippen molar-refractivity contribution in [2.24, 2.45) is 28.1 Å². The number of Topliss-reactive ketones (excluding diaryl/α,β-unsaturated/α-hetero) is 1. The Morgan fingerprint density at radius 1 is 1.33 bits per heavy atom. The Hall–Kier alpha value is -0.590. The predicted octanol–water partition coefficient (Wildman–Crippen LogP) is 4.37.